The van der Waals surface area contributed by atoms with Gasteiger partial charge >= 0.3 is 0 Å². The zero-order valence-corrected chi connectivity index (χ0v) is 12.7. The Morgan fingerprint density at radius 2 is 2.05 bits per heavy atom. The molecule has 6 heteroatoms. The number of hydrogen-bond acceptors (Lipinski definition) is 4. The number of aromatic nitrogens is 1. The highest BCUT2D eigenvalue weighted by Crippen LogP contribution is 2.28. The lowest BCUT2D eigenvalue weighted by Gasteiger charge is -2.07. The van der Waals surface area contributed by atoms with Crippen molar-refractivity contribution in [2.45, 2.75) is 20.0 Å². The van der Waals surface area contributed by atoms with Gasteiger partial charge in [-0.05, 0) is 30.2 Å². The predicted octanol–water partition coefficient (Wildman–Crippen LogP) is 4.30. The Morgan fingerprint density at radius 3 is 2.82 bits per heavy atom. The molecule has 2 N–H and O–H groups in total. The molecule has 0 fully saturated rings. The normalized spacial score (nSPS) is 11.0. The Morgan fingerprint density at radius 1 is 1.23 bits per heavy atom. The second-order valence-corrected chi connectivity index (χ2v) is 5.90. The maximum atomic E-state index is 13.8. The van der Waals surface area contributed by atoms with Crippen LogP contribution in [0, 0.1) is 11.6 Å². The van der Waals surface area contributed by atoms with Gasteiger partial charge in [-0.25, -0.2) is 13.8 Å². The standard InChI is InChI=1S/C16H14F2N2OS/c1-2-9-4-3-5-12-16(9)20-13(22-12)8-21-11-7-6-10(17)15(19)14(11)18/h3-7H,2,8,19H2,1H3. The molecule has 114 valence electrons. The predicted molar refractivity (Wildman–Crippen MR) is 84.1 cm³/mol. The van der Waals surface area contributed by atoms with Crippen molar-refractivity contribution in [1.29, 1.82) is 0 Å². The van der Waals surface area contributed by atoms with Crippen LogP contribution in [-0.2, 0) is 13.0 Å². The van der Waals surface area contributed by atoms with Crippen molar-refractivity contribution in [3.8, 4) is 5.75 Å². The summed E-state index contributed by atoms with van der Waals surface area (Å²) in [5.41, 5.74) is 6.89. The van der Waals surface area contributed by atoms with Crippen molar-refractivity contribution >= 4 is 27.2 Å². The fraction of sp³-hybridized carbons (Fsp3) is 0.188. The minimum absolute atomic E-state index is 0.0751. The highest BCUT2D eigenvalue weighted by Gasteiger charge is 2.13. The highest BCUT2D eigenvalue weighted by atomic mass is 32.1. The third-order valence-corrected chi connectivity index (χ3v) is 4.36. The van der Waals surface area contributed by atoms with Crippen LogP contribution in [0.5, 0.6) is 5.75 Å². The molecule has 0 unspecified atom stereocenters. The van der Waals surface area contributed by atoms with Gasteiger partial charge in [0.1, 0.15) is 23.1 Å². The van der Waals surface area contributed by atoms with Crippen LogP contribution in [-0.4, -0.2) is 4.98 Å². The van der Waals surface area contributed by atoms with Gasteiger partial charge in [0.2, 0.25) is 0 Å². The van der Waals surface area contributed by atoms with Gasteiger partial charge < -0.3 is 10.5 Å². The first-order valence-electron chi connectivity index (χ1n) is 6.83. The molecule has 3 aromatic rings. The molecular weight excluding hydrogens is 306 g/mol. The van der Waals surface area contributed by atoms with Crippen molar-refractivity contribution in [1.82, 2.24) is 4.98 Å². The van der Waals surface area contributed by atoms with Crippen LogP contribution < -0.4 is 10.5 Å². The Kier molecular flexibility index (Phi) is 3.94. The first-order valence-corrected chi connectivity index (χ1v) is 7.65. The number of benzene rings is 2. The van der Waals surface area contributed by atoms with Gasteiger partial charge in [0.15, 0.2) is 11.6 Å². The first-order chi connectivity index (χ1) is 10.6. The fourth-order valence-corrected chi connectivity index (χ4v) is 3.13. The third-order valence-electron chi connectivity index (χ3n) is 3.37. The number of nitrogen functional groups attached to an aromatic ring is 1. The quantitative estimate of drug-likeness (QED) is 0.729. The summed E-state index contributed by atoms with van der Waals surface area (Å²) < 4.78 is 33.4. The van der Waals surface area contributed by atoms with Crippen molar-refractivity contribution in [3.05, 3.63) is 52.5 Å². The molecule has 3 rings (SSSR count). The number of aryl methyl sites for hydroxylation is 1. The third kappa shape index (κ3) is 2.62. The molecule has 0 aliphatic carbocycles. The van der Waals surface area contributed by atoms with Crippen LogP contribution in [0.1, 0.15) is 17.5 Å². The van der Waals surface area contributed by atoms with E-state index in [1.165, 1.54) is 17.4 Å². The van der Waals surface area contributed by atoms with E-state index in [0.717, 1.165) is 33.3 Å². The van der Waals surface area contributed by atoms with Gasteiger partial charge in [-0.15, -0.1) is 11.3 Å². The van der Waals surface area contributed by atoms with E-state index in [2.05, 4.69) is 11.9 Å². The summed E-state index contributed by atoms with van der Waals surface area (Å²) in [6.45, 7) is 2.19. The summed E-state index contributed by atoms with van der Waals surface area (Å²) in [6, 6.07) is 8.33. The van der Waals surface area contributed by atoms with Crippen molar-refractivity contribution < 1.29 is 13.5 Å². The van der Waals surface area contributed by atoms with E-state index in [-0.39, 0.29) is 12.4 Å². The van der Waals surface area contributed by atoms with E-state index < -0.39 is 17.3 Å². The summed E-state index contributed by atoms with van der Waals surface area (Å²) in [7, 11) is 0. The second-order valence-electron chi connectivity index (χ2n) is 4.79. The number of para-hydroxylation sites is 1. The Balaban J connectivity index is 1.84. The molecule has 1 heterocycles. The number of thiazole rings is 1. The van der Waals surface area contributed by atoms with Gasteiger partial charge in [0.05, 0.1) is 10.2 Å². The van der Waals surface area contributed by atoms with E-state index in [4.69, 9.17) is 10.5 Å². The van der Waals surface area contributed by atoms with Crippen LogP contribution in [0.25, 0.3) is 10.2 Å². The molecule has 0 amide bonds. The van der Waals surface area contributed by atoms with Gasteiger partial charge in [-0.3, -0.25) is 0 Å². The first kappa shape index (κ1) is 14.7. The lowest BCUT2D eigenvalue weighted by molar-refractivity contribution is 0.290. The van der Waals surface area contributed by atoms with Crippen LogP contribution in [0.4, 0.5) is 14.5 Å². The van der Waals surface area contributed by atoms with Crippen molar-refractivity contribution in [2.75, 3.05) is 5.73 Å². The number of rotatable bonds is 4. The molecule has 0 bridgehead atoms. The average Bonchev–Trinajstić information content (AvgIpc) is 2.94. The summed E-state index contributed by atoms with van der Waals surface area (Å²) in [5.74, 6) is -1.75. The number of hydrogen-bond donors (Lipinski definition) is 1. The Bertz CT molecular complexity index is 832. The van der Waals surface area contributed by atoms with Gasteiger partial charge in [-0.1, -0.05) is 19.1 Å². The van der Waals surface area contributed by atoms with Crippen molar-refractivity contribution in [2.24, 2.45) is 0 Å². The van der Waals surface area contributed by atoms with E-state index in [1.54, 1.807) is 0 Å². The average molecular weight is 320 g/mol. The summed E-state index contributed by atoms with van der Waals surface area (Å²) in [5, 5.41) is 0.734. The number of nitrogens with zero attached hydrogens (tertiary/aromatic N) is 1. The van der Waals surface area contributed by atoms with Crippen molar-refractivity contribution in [3.63, 3.8) is 0 Å². The van der Waals surface area contributed by atoms with Gasteiger partial charge in [-0.2, -0.15) is 0 Å². The van der Waals surface area contributed by atoms with E-state index in [9.17, 15) is 8.78 Å². The SMILES string of the molecule is CCc1cccc2sc(COc3ccc(F)c(N)c3F)nc12. The number of halogens is 2. The van der Waals surface area contributed by atoms with E-state index in [0.29, 0.717) is 0 Å². The van der Waals surface area contributed by atoms with Crippen LogP contribution in [0.2, 0.25) is 0 Å². The minimum atomic E-state index is -0.879. The molecular formula is C16H14F2N2OS. The molecule has 3 nitrogen and oxygen atoms in total. The Hall–Kier alpha value is -2.21. The molecule has 0 aliphatic heterocycles. The monoisotopic (exact) mass is 320 g/mol. The lowest BCUT2D eigenvalue weighted by atomic mass is 10.1. The lowest BCUT2D eigenvalue weighted by Crippen LogP contribution is -2.01. The zero-order valence-electron chi connectivity index (χ0n) is 11.9. The van der Waals surface area contributed by atoms with Crippen LogP contribution >= 0.6 is 11.3 Å². The Labute approximate surface area is 130 Å². The van der Waals surface area contributed by atoms with Gasteiger partial charge in [0.25, 0.3) is 0 Å². The number of fused-ring (bicyclic) bond motifs is 1. The van der Waals surface area contributed by atoms with Gasteiger partial charge in [0, 0.05) is 0 Å². The summed E-state index contributed by atoms with van der Waals surface area (Å²) >= 11 is 1.50. The number of nitrogens with two attached hydrogens (primary N) is 1. The second kappa shape index (κ2) is 5.88. The molecule has 0 radical (unpaired) electrons. The van der Waals surface area contributed by atoms with Crippen LogP contribution in [0.3, 0.4) is 0 Å². The molecule has 0 saturated carbocycles. The molecule has 22 heavy (non-hydrogen) atoms. The molecule has 2 aromatic carbocycles. The highest BCUT2D eigenvalue weighted by molar-refractivity contribution is 7.18. The van der Waals surface area contributed by atoms with E-state index >= 15 is 0 Å². The minimum Gasteiger partial charge on any atom is -0.483 e. The van der Waals surface area contributed by atoms with E-state index in [1.807, 2.05) is 18.2 Å². The molecule has 0 atom stereocenters. The fourth-order valence-electron chi connectivity index (χ4n) is 2.20. The maximum absolute atomic E-state index is 13.8. The zero-order chi connectivity index (χ0) is 15.7. The maximum Gasteiger partial charge on any atom is 0.190 e. The number of ether oxygens (including phenoxy) is 1. The summed E-state index contributed by atoms with van der Waals surface area (Å²) in [4.78, 5) is 4.53. The van der Waals surface area contributed by atoms with Crippen LogP contribution in [0.15, 0.2) is 30.3 Å². The molecule has 0 aliphatic rings. The molecule has 0 spiro atoms. The smallest absolute Gasteiger partial charge is 0.190 e. The molecule has 1 aromatic heterocycles. The topological polar surface area (TPSA) is 48.1 Å². The molecule has 0 saturated heterocycles. The number of anilines is 1. The largest absolute Gasteiger partial charge is 0.483 e. The summed E-state index contributed by atoms with van der Waals surface area (Å²) in [6.07, 6.45) is 0.893.